The van der Waals surface area contributed by atoms with Gasteiger partial charge in [0.2, 0.25) is 0 Å². The lowest BCUT2D eigenvalue weighted by Gasteiger charge is -2.26. The first-order chi connectivity index (χ1) is 7.81. The highest BCUT2D eigenvalue weighted by molar-refractivity contribution is 5.75. The predicted octanol–water partition coefficient (Wildman–Crippen LogP) is 1.26. The van der Waals surface area contributed by atoms with Crippen LogP contribution in [-0.2, 0) is 0 Å². The molecule has 0 aromatic heterocycles. The summed E-state index contributed by atoms with van der Waals surface area (Å²) in [6, 6.07) is 0.182. The lowest BCUT2D eigenvalue weighted by molar-refractivity contribution is 0.155. The molecule has 0 aromatic rings. The maximum atomic E-state index is 12.0. The SMILES string of the molecule is O=C(NC1C=CCCC1)N1CCC[C@@H]1CO. The van der Waals surface area contributed by atoms with E-state index < -0.39 is 0 Å². The van der Waals surface area contributed by atoms with E-state index in [2.05, 4.69) is 17.5 Å². The van der Waals surface area contributed by atoms with Gasteiger partial charge in [0.05, 0.1) is 12.6 Å². The van der Waals surface area contributed by atoms with Crippen LogP contribution in [0.1, 0.15) is 32.1 Å². The Morgan fingerprint density at radius 1 is 1.44 bits per heavy atom. The van der Waals surface area contributed by atoms with E-state index in [4.69, 9.17) is 5.11 Å². The third kappa shape index (κ3) is 2.55. The van der Waals surface area contributed by atoms with Crippen molar-refractivity contribution < 1.29 is 9.90 Å². The van der Waals surface area contributed by atoms with Gasteiger partial charge in [0, 0.05) is 12.6 Å². The van der Waals surface area contributed by atoms with Gasteiger partial charge in [0.15, 0.2) is 0 Å². The van der Waals surface area contributed by atoms with Crippen LogP contribution in [0, 0.1) is 0 Å². The van der Waals surface area contributed by atoms with E-state index in [9.17, 15) is 4.79 Å². The molecule has 1 fully saturated rings. The van der Waals surface area contributed by atoms with Gasteiger partial charge in [0.25, 0.3) is 0 Å². The zero-order valence-electron chi connectivity index (χ0n) is 9.56. The minimum absolute atomic E-state index is 0.0203. The summed E-state index contributed by atoms with van der Waals surface area (Å²) in [6.07, 6.45) is 9.41. The Labute approximate surface area is 96.3 Å². The number of hydrogen-bond acceptors (Lipinski definition) is 2. The summed E-state index contributed by atoms with van der Waals surface area (Å²) in [5.74, 6) is 0. The van der Waals surface area contributed by atoms with Gasteiger partial charge in [-0.25, -0.2) is 4.79 Å². The number of allylic oxidation sites excluding steroid dienone is 1. The minimum atomic E-state index is -0.0203. The van der Waals surface area contributed by atoms with Crippen LogP contribution in [0.4, 0.5) is 4.79 Å². The number of aliphatic hydroxyl groups is 1. The quantitative estimate of drug-likeness (QED) is 0.694. The van der Waals surface area contributed by atoms with Crippen LogP contribution in [0.15, 0.2) is 12.2 Å². The molecule has 2 amide bonds. The first kappa shape index (κ1) is 11.5. The lowest BCUT2D eigenvalue weighted by Crippen LogP contribution is -2.47. The van der Waals surface area contributed by atoms with Crippen LogP contribution in [-0.4, -0.2) is 41.3 Å². The third-order valence-electron chi connectivity index (χ3n) is 3.41. The number of rotatable bonds is 2. The Hall–Kier alpha value is -1.03. The van der Waals surface area contributed by atoms with Crippen LogP contribution in [0.3, 0.4) is 0 Å². The fraction of sp³-hybridized carbons (Fsp3) is 0.750. The largest absolute Gasteiger partial charge is 0.394 e. The summed E-state index contributed by atoms with van der Waals surface area (Å²) in [7, 11) is 0. The van der Waals surface area contributed by atoms with E-state index in [0.29, 0.717) is 0 Å². The second-order valence-corrected chi connectivity index (χ2v) is 4.59. The van der Waals surface area contributed by atoms with Crippen LogP contribution >= 0.6 is 0 Å². The van der Waals surface area contributed by atoms with Gasteiger partial charge >= 0.3 is 6.03 Å². The highest BCUT2D eigenvalue weighted by Crippen LogP contribution is 2.17. The molecule has 2 rings (SSSR count). The first-order valence-corrected chi connectivity index (χ1v) is 6.16. The van der Waals surface area contributed by atoms with Crippen molar-refractivity contribution >= 4 is 6.03 Å². The fourth-order valence-electron chi connectivity index (χ4n) is 2.47. The number of carbonyl (C=O) groups excluding carboxylic acids is 1. The number of nitrogens with zero attached hydrogens (tertiary/aromatic N) is 1. The van der Waals surface area contributed by atoms with Gasteiger partial charge in [-0.05, 0) is 32.1 Å². The highest BCUT2D eigenvalue weighted by atomic mass is 16.3. The minimum Gasteiger partial charge on any atom is -0.394 e. The molecule has 2 aliphatic rings. The molecule has 0 saturated carbocycles. The van der Waals surface area contributed by atoms with Crippen LogP contribution in [0.25, 0.3) is 0 Å². The highest BCUT2D eigenvalue weighted by Gasteiger charge is 2.28. The Kier molecular flexibility index (Phi) is 3.83. The molecule has 2 N–H and O–H groups in total. The molecule has 0 bridgehead atoms. The average Bonchev–Trinajstić information content (AvgIpc) is 2.78. The number of nitrogens with one attached hydrogen (secondary N) is 1. The summed E-state index contributed by atoms with van der Waals surface area (Å²) >= 11 is 0. The number of likely N-dealkylation sites (tertiary alicyclic amines) is 1. The second-order valence-electron chi connectivity index (χ2n) is 4.59. The van der Waals surface area contributed by atoms with E-state index in [-0.39, 0.29) is 24.7 Å². The van der Waals surface area contributed by atoms with Crippen molar-refractivity contribution in [3.8, 4) is 0 Å². The number of aliphatic hydroxyl groups excluding tert-OH is 1. The van der Waals surface area contributed by atoms with E-state index in [1.807, 2.05) is 0 Å². The van der Waals surface area contributed by atoms with E-state index in [1.54, 1.807) is 4.90 Å². The standard InChI is InChI=1S/C12H20N2O2/c15-9-11-7-4-8-14(11)12(16)13-10-5-2-1-3-6-10/h2,5,10-11,15H,1,3-4,6-9H2,(H,13,16)/t10?,11-/m1/s1. The zero-order valence-corrected chi connectivity index (χ0v) is 9.56. The normalized spacial score (nSPS) is 29.4. The van der Waals surface area contributed by atoms with Crippen molar-refractivity contribution in [2.24, 2.45) is 0 Å². The van der Waals surface area contributed by atoms with Crippen molar-refractivity contribution in [2.75, 3.05) is 13.2 Å². The molecule has 90 valence electrons. The van der Waals surface area contributed by atoms with Gasteiger partial charge in [-0.2, -0.15) is 0 Å². The molecule has 1 aliphatic carbocycles. The molecule has 1 heterocycles. The molecule has 1 saturated heterocycles. The Bertz CT molecular complexity index is 278. The van der Waals surface area contributed by atoms with Crippen LogP contribution in [0.5, 0.6) is 0 Å². The molecule has 1 unspecified atom stereocenters. The molecule has 0 radical (unpaired) electrons. The van der Waals surface area contributed by atoms with Gasteiger partial charge < -0.3 is 15.3 Å². The summed E-state index contributed by atoms with van der Waals surface area (Å²) in [6.45, 7) is 0.849. The molecule has 4 heteroatoms. The maximum absolute atomic E-state index is 12.0. The first-order valence-electron chi connectivity index (χ1n) is 6.16. The molecule has 0 spiro atoms. The molecular weight excluding hydrogens is 204 g/mol. The van der Waals surface area contributed by atoms with Crippen molar-refractivity contribution in [3.63, 3.8) is 0 Å². The summed E-state index contributed by atoms with van der Waals surface area (Å²) in [4.78, 5) is 13.7. The molecule has 1 aliphatic heterocycles. The van der Waals surface area contributed by atoms with Crippen LogP contribution in [0.2, 0.25) is 0 Å². The van der Waals surface area contributed by atoms with Crippen molar-refractivity contribution in [3.05, 3.63) is 12.2 Å². The summed E-state index contributed by atoms with van der Waals surface area (Å²) in [5, 5.41) is 12.2. The topological polar surface area (TPSA) is 52.6 Å². The Balaban J connectivity index is 1.87. The van der Waals surface area contributed by atoms with E-state index >= 15 is 0 Å². The fourth-order valence-corrected chi connectivity index (χ4v) is 2.47. The number of amides is 2. The Morgan fingerprint density at radius 3 is 3.00 bits per heavy atom. The second kappa shape index (κ2) is 5.34. The van der Waals surface area contributed by atoms with Crippen molar-refractivity contribution in [1.29, 1.82) is 0 Å². The number of urea groups is 1. The molecular formula is C12H20N2O2. The molecule has 4 nitrogen and oxygen atoms in total. The molecule has 16 heavy (non-hydrogen) atoms. The number of hydrogen-bond donors (Lipinski definition) is 2. The summed E-state index contributed by atoms with van der Waals surface area (Å²) in [5.41, 5.74) is 0. The monoisotopic (exact) mass is 224 g/mol. The number of carbonyl (C=O) groups is 1. The zero-order chi connectivity index (χ0) is 11.4. The maximum Gasteiger partial charge on any atom is 0.318 e. The van der Waals surface area contributed by atoms with Gasteiger partial charge in [-0.15, -0.1) is 0 Å². The van der Waals surface area contributed by atoms with Gasteiger partial charge in [-0.1, -0.05) is 12.2 Å². The van der Waals surface area contributed by atoms with E-state index in [0.717, 1.165) is 38.6 Å². The van der Waals surface area contributed by atoms with Gasteiger partial charge in [0.1, 0.15) is 0 Å². The van der Waals surface area contributed by atoms with Gasteiger partial charge in [-0.3, -0.25) is 0 Å². The third-order valence-corrected chi connectivity index (χ3v) is 3.41. The predicted molar refractivity (Wildman–Crippen MR) is 62.1 cm³/mol. The van der Waals surface area contributed by atoms with E-state index in [1.165, 1.54) is 0 Å². The average molecular weight is 224 g/mol. The van der Waals surface area contributed by atoms with Crippen molar-refractivity contribution in [2.45, 2.75) is 44.2 Å². The van der Waals surface area contributed by atoms with Crippen molar-refractivity contribution in [1.82, 2.24) is 10.2 Å². The molecule has 0 aromatic carbocycles. The lowest BCUT2D eigenvalue weighted by atomic mass is 10.0. The summed E-state index contributed by atoms with van der Waals surface area (Å²) < 4.78 is 0. The smallest absolute Gasteiger partial charge is 0.318 e. The molecule has 2 atom stereocenters. The van der Waals surface area contributed by atoms with Crippen LogP contribution < -0.4 is 5.32 Å². The Morgan fingerprint density at radius 2 is 2.31 bits per heavy atom.